The predicted octanol–water partition coefficient (Wildman–Crippen LogP) is 1.42. The Hall–Kier alpha value is -0.970. The van der Waals surface area contributed by atoms with Crippen molar-refractivity contribution in [3.63, 3.8) is 0 Å². The summed E-state index contributed by atoms with van der Waals surface area (Å²) in [5, 5.41) is 3.34. The van der Waals surface area contributed by atoms with Crippen molar-refractivity contribution < 1.29 is 9.13 Å². The summed E-state index contributed by atoms with van der Waals surface area (Å²) in [7, 11) is 1.64. The number of rotatable bonds is 5. The SMILES string of the molecule is COCc1cc(F)ccc1CCN1CCNCC1. The van der Waals surface area contributed by atoms with Crippen LogP contribution in [-0.2, 0) is 17.8 Å². The molecule has 18 heavy (non-hydrogen) atoms. The second-order valence-corrected chi connectivity index (χ2v) is 4.69. The third kappa shape index (κ3) is 3.77. The molecule has 0 aliphatic carbocycles. The van der Waals surface area contributed by atoms with Gasteiger partial charge in [0.15, 0.2) is 0 Å². The standard InChI is InChI=1S/C14H21FN2O/c1-18-11-13-10-14(15)3-2-12(13)4-7-17-8-5-16-6-9-17/h2-3,10,16H,4-9,11H2,1H3. The average molecular weight is 252 g/mol. The summed E-state index contributed by atoms with van der Waals surface area (Å²) in [5.41, 5.74) is 2.16. The summed E-state index contributed by atoms with van der Waals surface area (Å²) >= 11 is 0. The highest BCUT2D eigenvalue weighted by Crippen LogP contribution is 2.14. The normalized spacial score (nSPS) is 17.0. The fraction of sp³-hybridized carbons (Fsp3) is 0.571. The molecule has 1 heterocycles. The molecule has 1 saturated heterocycles. The first-order valence-corrected chi connectivity index (χ1v) is 6.49. The molecule has 0 amide bonds. The van der Waals surface area contributed by atoms with Crippen LogP contribution in [0.25, 0.3) is 0 Å². The second-order valence-electron chi connectivity index (χ2n) is 4.69. The van der Waals surface area contributed by atoms with Crippen LogP contribution < -0.4 is 5.32 Å². The average Bonchev–Trinajstić information content (AvgIpc) is 2.39. The van der Waals surface area contributed by atoms with E-state index in [1.807, 2.05) is 6.07 Å². The van der Waals surface area contributed by atoms with E-state index in [0.29, 0.717) is 6.61 Å². The Labute approximate surface area is 108 Å². The third-order valence-corrected chi connectivity index (χ3v) is 3.38. The molecule has 0 unspecified atom stereocenters. The molecule has 0 aromatic heterocycles. The molecule has 4 heteroatoms. The lowest BCUT2D eigenvalue weighted by atomic mass is 10.0. The van der Waals surface area contributed by atoms with Crippen LogP contribution in [0, 0.1) is 5.82 Å². The number of benzene rings is 1. The lowest BCUT2D eigenvalue weighted by Gasteiger charge is -2.27. The van der Waals surface area contributed by atoms with Gasteiger partial charge >= 0.3 is 0 Å². The number of methoxy groups -OCH3 is 1. The van der Waals surface area contributed by atoms with Crippen molar-refractivity contribution in [2.45, 2.75) is 13.0 Å². The number of halogens is 1. The minimum Gasteiger partial charge on any atom is -0.380 e. The Bertz CT molecular complexity index is 378. The number of ether oxygens (including phenoxy) is 1. The van der Waals surface area contributed by atoms with Crippen molar-refractivity contribution >= 4 is 0 Å². The first-order chi connectivity index (χ1) is 8.79. The summed E-state index contributed by atoms with van der Waals surface area (Å²) in [6, 6.07) is 4.99. The van der Waals surface area contributed by atoms with Crippen molar-refractivity contribution in [3.8, 4) is 0 Å². The molecular formula is C14H21FN2O. The van der Waals surface area contributed by atoms with Crippen LogP contribution in [-0.4, -0.2) is 44.7 Å². The zero-order valence-corrected chi connectivity index (χ0v) is 10.9. The Balaban J connectivity index is 1.94. The monoisotopic (exact) mass is 252 g/mol. The van der Waals surface area contributed by atoms with Gasteiger partial charge in [0, 0.05) is 39.8 Å². The maximum Gasteiger partial charge on any atom is 0.123 e. The smallest absolute Gasteiger partial charge is 0.123 e. The van der Waals surface area contributed by atoms with Crippen LogP contribution in [0.1, 0.15) is 11.1 Å². The van der Waals surface area contributed by atoms with Crippen molar-refractivity contribution in [1.29, 1.82) is 0 Å². The molecule has 0 saturated carbocycles. The van der Waals surface area contributed by atoms with E-state index >= 15 is 0 Å². The molecule has 1 aromatic rings. The number of nitrogens with one attached hydrogen (secondary N) is 1. The lowest BCUT2D eigenvalue weighted by molar-refractivity contribution is 0.183. The minimum atomic E-state index is -0.187. The Morgan fingerprint density at radius 1 is 1.28 bits per heavy atom. The van der Waals surface area contributed by atoms with Gasteiger partial charge < -0.3 is 15.0 Å². The van der Waals surface area contributed by atoms with Gasteiger partial charge in [-0.3, -0.25) is 0 Å². The predicted molar refractivity (Wildman–Crippen MR) is 70.1 cm³/mol. The summed E-state index contributed by atoms with van der Waals surface area (Å²) in [5.74, 6) is -0.187. The zero-order valence-electron chi connectivity index (χ0n) is 10.9. The first-order valence-electron chi connectivity index (χ1n) is 6.49. The Kier molecular flexibility index (Phi) is 5.11. The largest absolute Gasteiger partial charge is 0.380 e. The maximum atomic E-state index is 13.2. The van der Waals surface area contributed by atoms with E-state index in [0.717, 1.165) is 44.7 Å². The van der Waals surface area contributed by atoms with E-state index < -0.39 is 0 Å². The number of hydrogen-bond donors (Lipinski definition) is 1. The molecule has 1 aliphatic heterocycles. The highest BCUT2D eigenvalue weighted by atomic mass is 19.1. The molecule has 0 spiro atoms. The fourth-order valence-corrected chi connectivity index (χ4v) is 2.34. The molecule has 2 rings (SSSR count). The minimum absolute atomic E-state index is 0.187. The Morgan fingerprint density at radius 2 is 2.06 bits per heavy atom. The van der Waals surface area contributed by atoms with Crippen molar-refractivity contribution in [3.05, 3.63) is 35.1 Å². The number of hydrogen-bond acceptors (Lipinski definition) is 3. The van der Waals surface area contributed by atoms with Gasteiger partial charge in [-0.05, 0) is 29.7 Å². The third-order valence-electron chi connectivity index (χ3n) is 3.38. The van der Waals surface area contributed by atoms with Crippen LogP contribution >= 0.6 is 0 Å². The van der Waals surface area contributed by atoms with Crippen LogP contribution in [0.2, 0.25) is 0 Å². The molecule has 1 fully saturated rings. The molecule has 1 aliphatic rings. The molecule has 1 aromatic carbocycles. The molecule has 0 atom stereocenters. The summed E-state index contributed by atoms with van der Waals surface area (Å²) < 4.78 is 18.3. The first kappa shape index (κ1) is 13.5. The van der Waals surface area contributed by atoms with Crippen molar-refractivity contribution in [1.82, 2.24) is 10.2 Å². The fourth-order valence-electron chi connectivity index (χ4n) is 2.34. The molecule has 3 nitrogen and oxygen atoms in total. The maximum absolute atomic E-state index is 13.2. The van der Waals surface area contributed by atoms with Gasteiger partial charge in [-0.25, -0.2) is 4.39 Å². The molecule has 0 radical (unpaired) electrons. The van der Waals surface area contributed by atoms with Gasteiger partial charge in [0.25, 0.3) is 0 Å². The molecule has 100 valence electrons. The van der Waals surface area contributed by atoms with Crippen LogP contribution in [0.5, 0.6) is 0 Å². The van der Waals surface area contributed by atoms with Gasteiger partial charge in [-0.15, -0.1) is 0 Å². The number of nitrogens with zero attached hydrogens (tertiary/aromatic N) is 1. The van der Waals surface area contributed by atoms with E-state index in [1.54, 1.807) is 13.2 Å². The van der Waals surface area contributed by atoms with Crippen LogP contribution in [0.3, 0.4) is 0 Å². The lowest BCUT2D eigenvalue weighted by Crippen LogP contribution is -2.44. The van der Waals surface area contributed by atoms with Gasteiger partial charge in [0.2, 0.25) is 0 Å². The van der Waals surface area contributed by atoms with Crippen LogP contribution in [0.15, 0.2) is 18.2 Å². The second kappa shape index (κ2) is 6.83. The van der Waals surface area contributed by atoms with E-state index in [1.165, 1.54) is 11.6 Å². The van der Waals surface area contributed by atoms with E-state index in [2.05, 4.69) is 10.2 Å². The van der Waals surface area contributed by atoms with E-state index in [-0.39, 0.29) is 5.82 Å². The molecule has 0 bridgehead atoms. The van der Waals surface area contributed by atoms with Gasteiger partial charge in [0.05, 0.1) is 6.61 Å². The van der Waals surface area contributed by atoms with Gasteiger partial charge in [-0.2, -0.15) is 0 Å². The summed E-state index contributed by atoms with van der Waals surface area (Å²) in [6.45, 7) is 5.84. The highest BCUT2D eigenvalue weighted by molar-refractivity contribution is 5.27. The van der Waals surface area contributed by atoms with Gasteiger partial charge in [0.1, 0.15) is 5.82 Å². The Morgan fingerprint density at radius 3 is 2.78 bits per heavy atom. The quantitative estimate of drug-likeness (QED) is 0.858. The van der Waals surface area contributed by atoms with E-state index in [4.69, 9.17) is 4.74 Å². The number of piperazine rings is 1. The van der Waals surface area contributed by atoms with Crippen LogP contribution in [0.4, 0.5) is 4.39 Å². The summed E-state index contributed by atoms with van der Waals surface area (Å²) in [6.07, 6.45) is 0.957. The topological polar surface area (TPSA) is 24.5 Å². The zero-order chi connectivity index (χ0) is 12.8. The highest BCUT2D eigenvalue weighted by Gasteiger charge is 2.10. The van der Waals surface area contributed by atoms with Crippen molar-refractivity contribution in [2.75, 3.05) is 39.8 Å². The molecular weight excluding hydrogens is 231 g/mol. The molecule has 1 N–H and O–H groups in total. The van der Waals surface area contributed by atoms with Crippen molar-refractivity contribution in [2.24, 2.45) is 0 Å². The van der Waals surface area contributed by atoms with Gasteiger partial charge in [-0.1, -0.05) is 6.07 Å². The summed E-state index contributed by atoms with van der Waals surface area (Å²) in [4.78, 5) is 2.44. The van der Waals surface area contributed by atoms with E-state index in [9.17, 15) is 4.39 Å².